The van der Waals surface area contributed by atoms with Gasteiger partial charge < -0.3 is 15.2 Å². The van der Waals surface area contributed by atoms with Crippen molar-refractivity contribution in [2.24, 2.45) is 0 Å². The summed E-state index contributed by atoms with van der Waals surface area (Å²) < 4.78 is 4.61. The summed E-state index contributed by atoms with van der Waals surface area (Å²) in [6.07, 6.45) is 3.50. The third-order valence-electron chi connectivity index (χ3n) is 2.59. The van der Waals surface area contributed by atoms with Gasteiger partial charge in [0.2, 0.25) is 0 Å². The molecule has 2 N–H and O–H groups in total. The van der Waals surface area contributed by atoms with Gasteiger partial charge >= 0.3 is 5.97 Å². The second-order valence-corrected chi connectivity index (χ2v) is 4.89. The molecule has 0 bridgehead atoms. The molecule has 2 unspecified atom stereocenters. The number of thioether (sulfide) groups is 1. The summed E-state index contributed by atoms with van der Waals surface area (Å²) in [4.78, 5) is 15.3. The number of nitrogens with zero attached hydrogens (tertiary/aromatic N) is 1. The predicted octanol–water partition coefficient (Wildman–Crippen LogP) is 1.39. The Morgan fingerprint density at radius 1 is 1.67 bits per heavy atom. The van der Waals surface area contributed by atoms with Gasteiger partial charge in [0.05, 0.1) is 13.7 Å². The number of hydrogen-bond acceptors (Lipinski definition) is 6. The van der Waals surface area contributed by atoms with E-state index in [0.717, 1.165) is 5.69 Å². The van der Waals surface area contributed by atoms with E-state index in [0.29, 0.717) is 0 Å². The van der Waals surface area contributed by atoms with E-state index >= 15 is 0 Å². The van der Waals surface area contributed by atoms with Crippen molar-refractivity contribution in [3.05, 3.63) is 24.0 Å². The molecular weight excluding hydrogens is 252 g/mol. The lowest BCUT2D eigenvalue weighted by Gasteiger charge is -2.22. The average molecular weight is 270 g/mol. The van der Waals surface area contributed by atoms with Gasteiger partial charge in [0.15, 0.2) is 0 Å². The van der Waals surface area contributed by atoms with Gasteiger partial charge in [-0.2, -0.15) is 11.8 Å². The molecule has 1 aromatic heterocycles. The highest BCUT2D eigenvalue weighted by atomic mass is 32.2. The van der Waals surface area contributed by atoms with Crippen LogP contribution in [0.3, 0.4) is 0 Å². The number of pyridine rings is 1. The third-order valence-corrected chi connectivity index (χ3v) is 3.75. The number of methoxy groups -OCH3 is 1. The SMILES string of the molecule is COC(=O)c1cc(NC(C)C(CO)SC)ccn1. The van der Waals surface area contributed by atoms with Gasteiger partial charge in [-0.25, -0.2) is 9.78 Å². The number of aliphatic hydroxyl groups is 1. The lowest BCUT2D eigenvalue weighted by atomic mass is 10.2. The normalized spacial score (nSPS) is 13.8. The Labute approximate surface area is 111 Å². The van der Waals surface area contributed by atoms with Crippen LogP contribution < -0.4 is 5.32 Å². The molecule has 0 amide bonds. The summed E-state index contributed by atoms with van der Waals surface area (Å²) in [6.45, 7) is 2.08. The van der Waals surface area contributed by atoms with Crippen LogP contribution in [-0.2, 0) is 4.74 Å². The van der Waals surface area contributed by atoms with E-state index in [2.05, 4.69) is 15.0 Å². The Balaban J connectivity index is 2.75. The zero-order valence-corrected chi connectivity index (χ0v) is 11.5. The first-order valence-electron chi connectivity index (χ1n) is 5.57. The number of rotatable bonds is 6. The first-order valence-corrected chi connectivity index (χ1v) is 6.85. The molecule has 0 aromatic carbocycles. The molecule has 0 saturated heterocycles. The van der Waals surface area contributed by atoms with Crippen molar-refractivity contribution in [3.8, 4) is 0 Å². The molecule has 18 heavy (non-hydrogen) atoms. The van der Waals surface area contributed by atoms with Crippen molar-refractivity contribution in [1.82, 2.24) is 4.98 Å². The van der Waals surface area contributed by atoms with Gasteiger partial charge in [0, 0.05) is 23.2 Å². The van der Waals surface area contributed by atoms with Gasteiger partial charge in [-0.15, -0.1) is 0 Å². The van der Waals surface area contributed by atoms with Crippen molar-refractivity contribution in [1.29, 1.82) is 0 Å². The van der Waals surface area contributed by atoms with E-state index in [4.69, 9.17) is 0 Å². The highest BCUT2D eigenvalue weighted by Gasteiger charge is 2.15. The van der Waals surface area contributed by atoms with Crippen LogP contribution in [0.2, 0.25) is 0 Å². The standard InChI is InChI=1S/C12H18N2O3S/c1-8(11(7-15)18-3)14-9-4-5-13-10(6-9)12(16)17-2/h4-6,8,11,15H,7H2,1-3H3,(H,13,14). The van der Waals surface area contributed by atoms with Crippen LogP contribution in [0.25, 0.3) is 0 Å². The van der Waals surface area contributed by atoms with Crippen LogP contribution >= 0.6 is 11.8 Å². The molecule has 1 aromatic rings. The van der Waals surface area contributed by atoms with E-state index in [1.165, 1.54) is 7.11 Å². The highest BCUT2D eigenvalue weighted by molar-refractivity contribution is 7.99. The van der Waals surface area contributed by atoms with Crippen LogP contribution in [0.15, 0.2) is 18.3 Å². The molecule has 1 heterocycles. The maximum absolute atomic E-state index is 11.3. The highest BCUT2D eigenvalue weighted by Crippen LogP contribution is 2.16. The fraction of sp³-hybridized carbons (Fsp3) is 0.500. The monoisotopic (exact) mass is 270 g/mol. The number of hydrogen-bond donors (Lipinski definition) is 2. The Hall–Kier alpha value is -1.27. The quantitative estimate of drug-likeness (QED) is 0.761. The summed E-state index contributed by atoms with van der Waals surface area (Å²) in [5, 5.41) is 12.5. The largest absolute Gasteiger partial charge is 0.464 e. The summed E-state index contributed by atoms with van der Waals surface area (Å²) >= 11 is 1.59. The maximum Gasteiger partial charge on any atom is 0.356 e. The number of esters is 1. The number of carbonyl (C=O) groups is 1. The van der Waals surface area contributed by atoms with Crippen LogP contribution in [0.4, 0.5) is 5.69 Å². The van der Waals surface area contributed by atoms with E-state index in [-0.39, 0.29) is 23.6 Å². The molecule has 0 aliphatic heterocycles. The minimum Gasteiger partial charge on any atom is -0.464 e. The van der Waals surface area contributed by atoms with Crippen molar-refractivity contribution in [3.63, 3.8) is 0 Å². The summed E-state index contributed by atoms with van der Waals surface area (Å²) in [5.41, 5.74) is 1.05. The molecule has 0 radical (unpaired) electrons. The molecule has 0 spiro atoms. The van der Waals surface area contributed by atoms with Crippen molar-refractivity contribution in [2.75, 3.05) is 25.3 Å². The fourth-order valence-electron chi connectivity index (χ4n) is 1.53. The van der Waals surface area contributed by atoms with E-state index in [9.17, 15) is 9.90 Å². The molecule has 5 nitrogen and oxygen atoms in total. The average Bonchev–Trinajstić information content (AvgIpc) is 2.39. The molecule has 100 valence electrons. The third kappa shape index (κ3) is 3.89. The molecular formula is C12H18N2O3S. The zero-order valence-electron chi connectivity index (χ0n) is 10.7. The second kappa shape index (κ2) is 7.23. The van der Waals surface area contributed by atoms with Crippen LogP contribution in [-0.4, -0.2) is 47.3 Å². The topological polar surface area (TPSA) is 71.5 Å². The number of nitrogens with one attached hydrogen (secondary N) is 1. The summed E-state index contributed by atoms with van der Waals surface area (Å²) in [7, 11) is 1.32. The van der Waals surface area contributed by atoms with Gasteiger partial charge in [-0.3, -0.25) is 0 Å². The van der Waals surface area contributed by atoms with Crippen LogP contribution in [0.5, 0.6) is 0 Å². The molecule has 0 aliphatic rings. The molecule has 0 saturated carbocycles. The minimum absolute atomic E-state index is 0.0814. The fourth-order valence-corrected chi connectivity index (χ4v) is 2.15. The molecule has 0 aliphatic carbocycles. The van der Waals surface area contributed by atoms with Gasteiger partial charge in [0.25, 0.3) is 0 Å². The number of anilines is 1. The van der Waals surface area contributed by atoms with Crippen LogP contribution in [0, 0.1) is 0 Å². The summed E-state index contributed by atoms with van der Waals surface area (Å²) in [5.74, 6) is -0.463. The number of aromatic nitrogens is 1. The molecule has 2 atom stereocenters. The maximum atomic E-state index is 11.3. The first-order chi connectivity index (χ1) is 8.62. The Bertz CT molecular complexity index is 397. The van der Waals surface area contributed by atoms with E-state index in [1.54, 1.807) is 30.1 Å². The lowest BCUT2D eigenvalue weighted by molar-refractivity contribution is 0.0594. The zero-order chi connectivity index (χ0) is 13.5. The summed E-state index contributed by atoms with van der Waals surface area (Å²) in [6, 6.07) is 3.49. The van der Waals surface area contributed by atoms with Gasteiger partial charge in [-0.1, -0.05) is 0 Å². The smallest absolute Gasteiger partial charge is 0.356 e. The van der Waals surface area contributed by atoms with Gasteiger partial charge in [-0.05, 0) is 25.3 Å². The minimum atomic E-state index is -0.463. The first kappa shape index (κ1) is 14.8. The van der Waals surface area contributed by atoms with Crippen LogP contribution in [0.1, 0.15) is 17.4 Å². The molecule has 0 fully saturated rings. The Morgan fingerprint density at radius 3 is 2.94 bits per heavy atom. The molecule has 1 rings (SSSR count). The van der Waals surface area contributed by atoms with E-state index < -0.39 is 5.97 Å². The lowest BCUT2D eigenvalue weighted by Crippen LogP contribution is -2.31. The predicted molar refractivity (Wildman–Crippen MR) is 73.1 cm³/mol. The van der Waals surface area contributed by atoms with Crippen molar-refractivity contribution >= 4 is 23.4 Å². The number of ether oxygens (including phenoxy) is 1. The second-order valence-electron chi connectivity index (χ2n) is 3.81. The van der Waals surface area contributed by atoms with Crippen molar-refractivity contribution < 1.29 is 14.6 Å². The van der Waals surface area contributed by atoms with Gasteiger partial charge in [0.1, 0.15) is 5.69 Å². The Kier molecular flexibility index (Phi) is 5.94. The van der Waals surface area contributed by atoms with E-state index in [1.807, 2.05) is 13.2 Å². The molecule has 6 heteroatoms. The van der Waals surface area contributed by atoms with Crippen molar-refractivity contribution in [2.45, 2.75) is 18.2 Å². The Morgan fingerprint density at radius 2 is 2.39 bits per heavy atom. The number of aliphatic hydroxyl groups excluding tert-OH is 1. The number of carbonyl (C=O) groups excluding carboxylic acids is 1.